The van der Waals surface area contributed by atoms with E-state index in [1.54, 1.807) is 6.07 Å². The maximum Gasteiger partial charge on any atom is 0.273 e. The molecule has 6 nitrogen and oxygen atoms in total. The number of rotatable bonds is 7. The zero-order valence-electron chi connectivity index (χ0n) is 14.5. The summed E-state index contributed by atoms with van der Waals surface area (Å²) in [5.74, 6) is -0.0426. The van der Waals surface area contributed by atoms with E-state index >= 15 is 0 Å². The van der Waals surface area contributed by atoms with Crippen LogP contribution in [0.1, 0.15) is 37.0 Å². The number of benzene rings is 1. The second-order valence-corrected chi connectivity index (χ2v) is 6.68. The van der Waals surface area contributed by atoms with Gasteiger partial charge in [-0.15, -0.1) is 0 Å². The van der Waals surface area contributed by atoms with Crippen molar-refractivity contribution in [2.75, 3.05) is 6.54 Å². The van der Waals surface area contributed by atoms with Crippen molar-refractivity contribution in [1.82, 2.24) is 10.1 Å². The molecule has 2 N–H and O–H groups in total. The van der Waals surface area contributed by atoms with Gasteiger partial charge in [0.15, 0.2) is 5.82 Å². The molecule has 0 saturated heterocycles. The fourth-order valence-corrected chi connectivity index (χ4v) is 3.15. The number of carbonyl (C=O) groups excluding carboxylic acids is 1. The van der Waals surface area contributed by atoms with Crippen LogP contribution in [-0.2, 0) is 10.2 Å². The largest absolute Gasteiger partial charge is 0.394 e. The minimum atomic E-state index is -1.42. The van der Waals surface area contributed by atoms with E-state index in [0.29, 0.717) is 17.7 Å². The van der Waals surface area contributed by atoms with Crippen LogP contribution in [0.2, 0.25) is 5.02 Å². The van der Waals surface area contributed by atoms with E-state index in [9.17, 15) is 13.6 Å². The number of halogens is 3. The highest BCUT2D eigenvalue weighted by molar-refractivity contribution is 6.31. The molecule has 2 aromatic rings. The first-order valence-electron chi connectivity index (χ1n) is 8.26. The van der Waals surface area contributed by atoms with Crippen molar-refractivity contribution in [3.05, 3.63) is 52.4 Å². The van der Waals surface area contributed by atoms with Gasteiger partial charge in [-0.1, -0.05) is 22.8 Å². The van der Waals surface area contributed by atoms with E-state index in [0.717, 1.165) is 12.8 Å². The Morgan fingerprint density at radius 3 is 2.85 bits per heavy atom. The van der Waals surface area contributed by atoms with E-state index in [1.807, 2.05) is 0 Å². The molecule has 1 aromatic heterocycles. The molecule has 1 saturated carbocycles. The first-order chi connectivity index (χ1) is 12.9. The molecule has 0 radical (unpaired) electrons. The second-order valence-electron chi connectivity index (χ2n) is 6.28. The highest BCUT2D eigenvalue weighted by Gasteiger charge is 2.51. The smallest absolute Gasteiger partial charge is 0.273 e. The van der Waals surface area contributed by atoms with Gasteiger partial charge < -0.3 is 15.1 Å². The van der Waals surface area contributed by atoms with Gasteiger partial charge in [-0.25, -0.2) is 8.78 Å². The van der Waals surface area contributed by atoms with Gasteiger partial charge in [-0.2, -0.15) is 4.98 Å². The molecular formula is C18H17ClF2N4O2. The number of carbonyl (C=O) groups is 1. The van der Waals surface area contributed by atoms with Crippen LogP contribution < -0.4 is 5.73 Å². The standard InChI is InChI=1S/C18H17ClF2N4O2/c1-10(20)15(23-6-7-26)9-14(22)16-24-17(25-27-16)18(4-5-18)12-3-2-11(21)8-13(12)19/h2-3,7-10H,4-6,22H2,1H3/b14-9-,23-15?. The molecule has 1 aliphatic carbocycles. The second kappa shape index (κ2) is 7.56. The predicted molar refractivity (Wildman–Crippen MR) is 96.8 cm³/mol. The molecule has 1 atom stereocenters. The minimum absolute atomic E-state index is 0.00191. The number of alkyl halides is 1. The van der Waals surface area contributed by atoms with Crippen molar-refractivity contribution in [3.8, 4) is 0 Å². The van der Waals surface area contributed by atoms with Gasteiger partial charge in [0.1, 0.15) is 18.3 Å². The molecule has 1 unspecified atom stereocenters. The summed E-state index contributed by atoms with van der Waals surface area (Å²) in [5, 5.41) is 4.27. The number of nitrogens with zero attached hydrogens (tertiary/aromatic N) is 3. The molecule has 1 aliphatic rings. The Kier molecular flexibility index (Phi) is 5.36. The molecule has 142 valence electrons. The van der Waals surface area contributed by atoms with E-state index in [4.69, 9.17) is 21.9 Å². The number of aliphatic imine (C=N–C) groups is 1. The number of aromatic nitrogens is 2. The summed E-state index contributed by atoms with van der Waals surface area (Å²) in [6, 6.07) is 4.18. The Morgan fingerprint density at radius 2 is 2.26 bits per heavy atom. The maximum absolute atomic E-state index is 13.6. The molecule has 1 fully saturated rings. The highest BCUT2D eigenvalue weighted by atomic mass is 35.5. The Bertz CT molecular complexity index is 920. The first kappa shape index (κ1) is 19.2. The summed E-state index contributed by atoms with van der Waals surface area (Å²) in [6.07, 6.45) is 1.86. The fourth-order valence-electron chi connectivity index (χ4n) is 2.80. The number of nitrogens with two attached hydrogens (primary N) is 1. The van der Waals surface area contributed by atoms with Crippen molar-refractivity contribution in [3.63, 3.8) is 0 Å². The lowest BCUT2D eigenvalue weighted by Crippen LogP contribution is -2.13. The van der Waals surface area contributed by atoms with Gasteiger partial charge in [0.05, 0.1) is 23.4 Å². The quantitative estimate of drug-likeness (QED) is 0.574. The van der Waals surface area contributed by atoms with Crippen LogP contribution in [0.15, 0.2) is 33.8 Å². The Balaban J connectivity index is 1.90. The van der Waals surface area contributed by atoms with E-state index < -0.39 is 17.4 Å². The summed E-state index contributed by atoms with van der Waals surface area (Å²) < 4.78 is 32.1. The lowest BCUT2D eigenvalue weighted by molar-refractivity contribution is -0.106. The van der Waals surface area contributed by atoms with Crippen molar-refractivity contribution in [2.24, 2.45) is 10.7 Å². The molecule has 1 aromatic carbocycles. The van der Waals surface area contributed by atoms with Gasteiger partial charge in [0.2, 0.25) is 0 Å². The van der Waals surface area contributed by atoms with Crippen molar-refractivity contribution in [2.45, 2.75) is 31.4 Å². The third-order valence-corrected chi connectivity index (χ3v) is 4.67. The van der Waals surface area contributed by atoms with Crippen LogP contribution in [0.25, 0.3) is 5.70 Å². The monoisotopic (exact) mass is 394 g/mol. The number of aldehydes is 1. The zero-order chi connectivity index (χ0) is 19.6. The van der Waals surface area contributed by atoms with Gasteiger partial charge in [0.25, 0.3) is 5.89 Å². The number of hydrogen-bond acceptors (Lipinski definition) is 6. The van der Waals surface area contributed by atoms with Gasteiger partial charge in [-0.05, 0) is 43.5 Å². The maximum atomic E-state index is 13.6. The van der Waals surface area contributed by atoms with Crippen LogP contribution in [-0.4, -0.2) is 34.9 Å². The number of allylic oxidation sites excluding steroid dienone is 1. The molecule has 9 heteroatoms. The summed E-state index contributed by atoms with van der Waals surface area (Å²) >= 11 is 6.18. The van der Waals surface area contributed by atoms with E-state index in [1.165, 1.54) is 25.1 Å². The van der Waals surface area contributed by atoms with Crippen LogP contribution in [0, 0.1) is 5.82 Å². The molecular weight excluding hydrogens is 378 g/mol. The lowest BCUT2D eigenvalue weighted by Gasteiger charge is -2.12. The zero-order valence-corrected chi connectivity index (χ0v) is 15.2. The average molecular weight is 395 g/mol. The SMILES string of the molecule is CC(F)C(/C=C(\N)c1nc(C2(c3ccc(F)cc3Cl)CC2)no1)=NCC=O. The van der Waals surface area contributed by atoms with Crippen molar-refractivity contribution in [1.29, 1.82) is 0 Å². The Morgan fingerprint density at radius 1 is 1.52 bits per heavy atom. The first-order valence-corrected chi connectivity index (χ1v) is 8.64. The molecule has 3 rings (SSSR count). The Hall–Kier alpha value is -2.61. The number of hydrogen-bond donors (Lipinski definition) is 1. The van der Waals surface area contributed by atoms with E-state index in [-0.39, 0.29) is 28.9 Å². The van der Waals surface area contributed by atoms with Crippen molar-refractivity contribution < 1.29 is 18.1 Å². The summed E-state index contributed by atoms with van der Waals surface area (Å²) in [7, 11) is 0. The van der Waals surface area contributed by atoms with Crippen LogP contribution in [0.5, 0.6) is 0 Å². The molecule has 1 heterocycles. The van der Waals surface area contributed by atoms with Crippen LogP contribution >= 0.6 is 11.6 Å². The molecule has 27 heavy (non-hydrogen) atoms. The third-order valence-electron chi connectivity index (χ3n) is 4.36. The molecule has 0 amide bonds. The summed E-state index contributed by atoms with van der Waals surface area (Å²) in [4.78, 5) is 18.6. The molecule has 0 aliphatic heterocycles. The van der Waals surface area contributed by atoms with Gasteiger partial charge in [0, 0.05) is 5.02 Å². The van der Waals surface area contributed by atoms with E-state index in [2.05, 4.69) is 15.1 Å². The molecule has 0 spiro atoms. The third kappa shape index (κ3) is 3.90. The topological polar surface area (TPSA) is 94.4 Å². The highest BCUT2D eigenvalue weighted by Crippen LogP contribution is 2.54. The fraction of sp³-hybridized carbons (Fsp3) is 0.333. The van der Waals surface area contributed by atoms with Crippen LogP contribution in [0.3, 0.4) is 0 Å². The predicted octanol–water partition coefficient (Wildman–Crippen LogP) is 3.24. The lowest BCUT2D eigenvalue weighted by atomic mass is 9.95. The average Bonchev–Trinajstić information content (AvgIpc) is 3.26. The van der Waals surface area contributed by atoms with Gasteiger partial charge in [-0.3, -0.25) is 4.99 Å². The molecule has 0 bridgehead atoms. The summed E-state index contributed by atoms with van der Waals surface area (Å²) in [6.45, 7) is 1.11. The van der Waals surface area contributed by atoms with Gasteiger partial charge >= 0.3 is 0 Å². The summed E-state index contributed by atoms with van der Waals surface area (Å²) in [5.41, 5.74) is 6.12. The Labute approximate surface area is 159 Å². The minimum Gasteiger partial charge on any atom is -0.394 e. The normalized spacial score (nSPS) is 17.6. The van der Waals surface area contributed by atoms with Crippen molar-refractivity contribution >= 4 is 29.3 Å². The van der Waals surface area contributed by atoms with Crippen LogP contribution in [0.4, 0.5) is 8.78 Å².